The molecule has 1 rings (SSSR count). The van der Waals surface area contributed by atoms with Crippen LogP contribution in [0.2, 0.25) is 0 Å². The normalized spacial score (nSPS) is 10.3. The first-order chi connectivity index (χ1) is 7.20. The fraction of sp³-hybridized carbons (Fsp3) is 0.600. The smallest absolute Gasteiger partial charge is 0.265 e. The number of aromatic nitrogens is 1. The van der Waals surface area contributed by atoms with Crippen molar-refractivity contribution in [3.05, 3.63) is 16.1 Å². The van der Waals surface area contributed by atoms with Gasteiger partial charge < -0.3 is 10.0 Å². The van der Waals surface area contributed by atoms with Crippen LogP contribution in [0.5, 0.6) is 0 Å². The van der Waals surface area contributed by atoms with E-state index in [0.717, 1.165) is 5.69 Å². The zero-order chi connectivity index (χ0) is 11.3. The summed E-state index contributed by atoms with van der Waals surface area (Å²) in [5.74, 6) is 0.0194. The number of aliphatic hydroxyl groups is 1. The summed E-state index contributed by atoms with van der Waals surface area (Å²) >= 11 is 1.37. The van der Waals surface area contributed by atoms with E-state index in [1.54, 1.807) is 10.4 Å². The van der Waals surface area contributed by atoms with E-state index in [4.69, 9.17) is 5.11 Å². The maximum atomic E-state index is 12.0. The summed E-state index contributed by atoms with van der Waals surface area (Å²) in [6.45, 7) is 5.15. The predicted octanol–water partition coefficient (Wildman–Crippen LogP) is 1.30. The highest BCUT2D eigenvalue weighted by molar-refractivity contribution is 7.11. The molecule has 1 aromatic rings. The molecule has 0 aliphatic heterocycles. The van der Waals surface area contributed by atoms with Crippen LogP contribution >= 0.6 is 11.3 Å². The first-order valence-electron chi connectivity index (χ1n) is 5.01. The number of nitrogens with zero attached hydrogens (tertiary/aromatic N) is 2. The van der Waals surface area contributed by atoms with E-state index in [2.05, 4.69) is 4.98 Å². The highest BCUT2D eigenvalue weighted by Crippen LogP contribution is 2.15. The number of carbonyl (C=O) groups is 1. The third-order valence-corrected chi connectivity index (χ3v) is 3.11. The Labute approximate surface area is 93.6 Å². The molecule has 1 aromatic heterocycles. The molecule has 0 fully saturated rings. The second-order valence-electron chi connectivity index (χ2n) is 3.23. The zero-order valence-corrected chi connectivity index (χ0v) is 9.88. The quantitative estimate of drug-likeness (QED) is 0.826. The Balaban J connectivity index is 2.69. The van der Waals surface area contributed by atoms with Crippen LogP contribution in [0, 0.1) is 6.92 Å². The molecular weight excluding hydrogens is 212 g/mol. The number of rotatable bonds is 5. The lowest BCUT2D eigenvalue weighted by atomic mass is 10.3. The Morgan fingerprint density at radius 2 is 2.40 bits per heavy atom. The number of aryl methyl sites for hydroxylation is 1. The van der Waals surface area contributed by atoms with Crippen molar-refractivity contribution in [3.8, 4) is 0 Å². The van der Waals surface area contributed by atoms with Crippen LogP contribution < -0.4 is 0 Å². The van der Waals surface area contributed by atoms with Gasteiger partial charge in [0.1, 0.15) is 4.88 Å². The summed E-state index contributed by atoms with van der Waals surface area (Å²) in [6, 6.07) is 0. The summed E-state index contributed by atoms with van der Waals surface area (Å²) in [7, 11) is 0. The Hall–Kier alpha value is -0.940. The molecule has 5 heteroatoms. The molecule has 0 radical (unpaired) electrons. The molecule has 0 unspecified atom stereocenters. The summed E-state index contributed by atoms with van der Waals surface area (Å²) in [5.41, 5.74) is 2.47. The van der Waals surface area contributed by atoms with Gasteiger partial charge in [0.2, 0.25) is 0 Å². The average molecular weight is 228 g/mol. The Bertz CT molecular complexity index is 325. The SMILES string of the molecule is CCN(CCCO)C(=O)c1scnc1C. The molecule has 0 saturated heterocycles. The van der Waals surface area contributed by atoms with Crippen LogP contribution in [0.25, 0.3) is 0 Å². The number of carbonyl (C=O) groups excluding carboxylic acids is 1. The summed E-state index contributed by atoms with van der Waals surface area (Å²) in [4.78, 5) is 18.5. The van der Waals surface area contributed by atoms with Gasteiger partial charge in [-0.05, 0) is 20.3 Å². The fourth-order valence-electron chi connectivity index (χ4n) is 1.32. The highest BCUT2D eigenvalue weighted by Gasteiger charge is 2.17. The molecule has 0 bridgehead atoms. The molecule has 0 spiro atoms. The fourth-order valence-corrected chi connectivity index (χ4v) is 2.09. The third-order valence-electron chi connectivity index (χ3n) is 2.19. The van der Waals surface area contributed by atoms with Gasteiger partial charge in [-0.2, -0.15) is 0 Å². The molecule has 1 heterocycles. The Morgan fingerprint density at radius 3 is 2.87 bits per heavy atom. The van der Waals surface area contributed by atoms with E-state index >= 15 is 0 Å². The Kier molecular flexibility index (Phi) is 4.71. The monoisotopic (exact) mass is 228 g/mol. The minimum atomic E-state index is 0.0194. The number of hydrogen-bond donors (Lipinski definition) is 1. The van der Waals surface area contributed by atoms with E-state index < -0.39 is 0 Å². The minimum absolute atomic E-state index is 0.0194. The van der Waals surface area contributed by atoms with Crippen LogP contribution in [-0.2, 0) is 0 Å². The van der Waals surface area contributed by atoms with Crippen molar-refractivity contribution in [1.82, 2.24) is 9.88 Å². The van der Waals surface area contributed by atoms with Crippen molar-refractivity contribution >= 4 is 17.2 Å². The first kappa shape index (κ1) is 12.1. The molecular formula is C10H16N2O2S. The topological polar surface area (TPSA) is 53.4 Å². The van der Waals surface area contributed by atoms with Crippen molar-refractivity contribution in [2.45, 2.75) is 20.3 Å². The molecule has 0 aliphatic carbocycles. The van der Waals surface area contributed by atoms with Crippen LogP contribution in [-0.4, -0.2) is 40.6 Å². The van der Waals surface area contributed by atoms with Crippen LogP contribution in [0.15, 0.2) is 5.51 Å². The van der Waals surface area contributed by atoms with Crippen molar-refractivity contribution in [2.24, 2.45) is 0 Å². The van der Waals surface area contributed by atoms with Gasteiger partial charge in [0.05, 0.1) is 11.2 Å². The predicted molar refractivity (Wildman–Crippen MR) is 60.1 cm³/mol. The summed E-state index contributed by atoms with van der Waals surface area (Å²) < 4.78 is 0. The molecule has 0 atom stereocenters. The molecule has 0 aliphatic rings. The van der Waals surface area contributed by atoms with Gasteiger partial charge in [0.15, 0.2) is 0 Å². The lowest BCUT2D eigenvalue weighted by Gasteiger charge is -2.19. The van der Waals surface area contributed by atoms with Gasteiger partial charge in [0, 0.05) is 19.7 Å². The Morgan fingerprint density at radius 1 is 1.67 bits per heavy atom. The van der Waals surface area contributed by atoms with E-state index in [0.29, 0.717) is 24.4 Å². The van der Waals surface area contributed by atoms with Crippen molar-refractivity contribution < 1.29 is 9.90 Å². The van der Waals surface area contributed by atoms with Gasteiger partial charge in [-0.15, -0.1) is 11.3 Å². The number of thiazole rings is 1. The van der Waals surface area contributed by atoms with Crippen molar-refractivity contribution in [2.75, 3.05) is 19.7 Å². The van der Waals surface area contributed by atoms with Gasteiger partial charge in [-0.1, -0.05) is 0 Å². The standard InChI is InChI=1S/C10H16N2O2S/c1-3-12(5-4-6-13)10(14)9-8(2)11-7-15-9/h7,13H,3-6H2,1-2H3. The summed E-state index contributed by atoms with van der Waals surface area (Å²) in [5, 5.41) is 8.73. The second kappa shape index (κ2) is 5.82. The first-order valence-corrected chi connectivity index (χ1v) is 5.88. The second-order valence-corrected chi connectivity index (χ2v) is 4.08. The van der Waals surface area contributed by atoms with Gasteiger partial charge >= 0.3 is 0 Å². The number of aliphatic hydroxyl groups excluding tert-OH is 1. The molecule has 4 nitrogen and oxygen atoms in total. The molecule has 15 heavy (non-hydrogen) atoms. The molecule has 84 valence electrons. The lowest BCUT2D eigenvalue weighted by molar-refractivity contribution is 0.0758. The largest absolute Gasteiger partial charge is 0.396 e. The highest BCUT2D eigenvalue weighted by atomic mass is 32.1. The molecule has 0 saturated carbocycles. The van der Waals surface area contributed by atoms with E-state index in [-0.39, 0.29) is 12.5 Å². The van der Waals surface area contributed by atoms with Crippen molar-refractivity contribution in [3.63, 3.8) is 0 Å². The molecule has 0 aromatic carbocycles. The van der Waals surface area contributed by atoms with Gasteiger partial charge in [0.25, 0.3) is 5.91 Å². The molecule has 1 amide bonds. The maximum Gasteiger partial charge on any atom is 0.265 e. The van der Waals surface area contributed by atoms with Crippen LogP contribution in [0.3, 0.4) is 0 Å². The maximum absolute atomic E-state index is 12.0. The van der Waals surface area contributed by atoms with Gasteiger partial charge in [-0.3, -0.25) is 4.79 Å². The molecule has 1 N–H and O–H groups in total. The van der Waals surface area contributed by atoms with Crippen LogP contribution in [0.4, 0.5) is 0 Å². The number of hydrogen-bond acceptors (Lipinski definition) is 4. The minimum Gasteiger partial charge on any atom is -0.396 e. The van der Waals surface area contributed by atoms with Gasteiger partial charge in [-0.25, -0.2) is 4.98 Å². The van der Waals surface area contributed by atoms with E-state index in [1.807, 2.05) is 13.8 Å². The summed E-state index contributed by atoms with van der Waals surface area (Å²) in [6.07, 6.45) is 0.622. The lowest BCUT2D eigenvalue weighted by Crippen LogP contribution is -2.32. The van der Waals surface area contributed by atoms with E-state index in [9.17, 15) is 4.79 Å². The third kappa shape index (κ3) is 3.00. The zero-order valence-electron chi connectivity index (χ0n) is 9.06. The van der Waals surface area contributed by atoms with Crippen LogP contribution in [0.1, 0.15) is 28.7 Å². The van der Waals surface area contributed by atoms with Crippen molar-refractivity contribution in [1.29, 1.82) is 0 Å². The average Bonchev–Trinajstić information content (AvgIpc) is 2.65. The number of amides is 1. The van der Waals surface area contributed by atoms with E-state index in [1.165, 1.54) is 11.3 Å².